The van der Waals surface area contributed by atoms with E-state index < -0.39 is 0 Å². The van der Waals surface area contributed by atoms with Crippen LogP contribution in [-0.4, -0.2) is 13.7 Å². The van der Waals surface area contributed by atoms with Crippen LogP contribution in [0.4, 0.5) is 0 Å². The fourth-order valence-electron chi connectivity index (χ4n) is 1.85. The van der Waals surface area contributed by atoms with Gasteiger partial charge in [0, 0.05) is 18.9 Å². The number of allylic oxidation sites excluding steroid dienone is 2. The predicted octanol–water partition coefficient (Wildman–Crippen LogP) is 3.16. The molecule has 0 heterocycles. The van der Waals surface area contributed by atoms with Gasteiger partial charge in [0.05, 0.1) is 6.61 Å². The lowest BCUT2D eigenvalue weighted by Crippen LogP contribution is -2.06. The summed E-state index contributed by atoms with van der Waals surface area (Å²) in [6.07, 6.45) is 8.94. The summed E-state index contributed by atoms with van der Waals surface area (Å²) in [6, 6.07) is 10.5. The summed E-state index contributed by atoms with van der Waals surface area (Å²) in [4.78, 5) is 0. The maximum atomic E-state index is 5.12. The monoisotopic (exact) mass is 200 g/mol. The van der Waals surface area contributed by atoms with Crippen molar-refractivity contribution in [1.29, 1.82) is 0 Å². The van der Waals surface area contributed by atoms with Crippen LogP contribution in [0.15, 0.2) is 54.6 Å². The van der Waals surface area contributed by atoms with Crippen LogP contribution in [0.5, 0.6) is 0 Å². The zero-order chi connectivity index (χ0) is 10.5. The van der Waals surface area contributed by atoms with Crippen LogP contribution in [0, 0.1) is 5.92 Å². The quantitative estimate of drug-likeness (QED) is 0.681. The maximum Gasteiger partial charge on any atom is 0.0559 e. The Morgan fingerprint density at radius 2 is 1.67 bits per heavy atom. The minimum Gasteiger partial charge on any atom is -0.384 e. The van der Waals surface area contributed by atoms with Gasteiger partial charge in [-0.1, -0.05) is 54.6 Å². The molecule has 0 N–H and O–H groups in total. The molecule has 0 unspecified atom stereocenters. The molecule has 0 bridgehead atoms. The molecule has 0 atom stereocenters. The lowest BCUT2D eigenvalue weighted by Gasteiger charge is -2.16. The zero-order valence-corrected chi connectivity index (χ0v) is 8.97. The van der Waals surface area contributed by atoms with E-state index >= 15 is 0 Å². The van der Waals surface area contributed by atoms with Crippen molar-refractivity contribution in [3.8, 4) is 0 Å². The molecule has 1 heteroatoms. The largest absolute Gasteiger partial charge is 0.384 e. The second kappa shape index (κ2) is 4.94. The molecule has 0 saturated carbocycles. The first-order valence-electron chi connectivity index (χ1n) is 5.30. The van der Waals surface area contributed by atoms with Crippen LogP contribution in [0.1, 0.15) is 11.5 Å². The molecule has 15 heavy (non-hydrogen) atoms. The van der Waals surface area contributed by atoms with Gasteiger partial charge in [0.25, 0.3) is 0 Å². The number of ether oxygens (including phenoxy) is 1. The first-order chi connectivity index (χ1) is 7.40. The molecule has 0 saturated heterocycles. The van der Waals surface area contributed by atoms with Gasteiger partial charge in [-0.3, -0.25) is 0 Å². The van der Waals surface area contributed by atoms with Crippen molar-refractivity contribution >= 4 is 0 Å². The van der Waals surface area contributed by atoms with Crippen LogP contribution >= 0.6 is 0 Å². The van der Waals surface area contributed by atoms with E-state index in [1.54, 1.807) is 7.11 Å². The number of hydrogen-bond acceptors (Lipinski definition) is 1. The summed E-state index contributed by atoms with van der Waals surface area (Å²) >= 11 is 0. The molecule has 0 fully saturated rings. The average Bonchev–Trinajstić information content (AvgIpc) is 2.32. The minimum absolute atomic E-state index is 0.430. The normalized spacial score (nSPS) is 24.3. The van der Waals surface area contributed by atoms with Crippen LogP contribution in [0.2, 0.25) is 0 Å². The van der Waals surface area contributed by atoms with Gasteiger partial charge in [-0.2, -0.15) is 0 Å². The zero-order valence-electron chi connectivity index (χ0n) is 8.97. The van der Waals surface area contributed by atoms with Crippen molar-refractivity contribution in [3.05, 3.63) is 60.2 Å². The molecule has 1 aliphatic rings. The first-order valence-corrected chi connectivity index (χ1v) is 5.30. The summed E-state index contributed by atoms with van der Waals surface area (Å²) in [6.45, 7) is 0.772. The van der Waals surface area contributed by atoms with Crippen molar-refractivity contribution in [1.82, 2.24) is 0 Å². The molecule has 0 aliphatic heterocycles. The van der Waals surface area contributed by atoms with E-state index in [2.05, 4.69) is 48.6 Å². The van der Waals surface area contributed by atoms with Crippen molar-refractivity contribution < 1.29 is 4.74 Å². The number of hydrogen-bond donors (Lipinski definition) is 0. The fraction of sp³-hybridized carbons (Fsp3) is 0.286. The topological polar surface area (TPSA) is 9.23 Å². The second-order valence-electron chi connectivity index (χ2n) is 3.83. The van der Waals surface area contributed by atoms with Gasteiger partial charge in [-0.05, 0) is 5.56 Å². The number of rotatable bonds is 3. The fourth-order valence-corrected chi connectivity index (χ4v) is 1.85. The third kappa shape index (κ3) is 2.57. The van der Waals surface area contributed by atoms with Crippen molar-refractivity contribution in [3.63, 3.8) is 0 Å². The molecular formula is C14H16O. The highest BCUT2D eigenvalue weighted by molar-refractivity contribution is 5.31. The predicted molar refractivity (Wildman–Crippen MR) is 62.8 cm³/mol. The Bertz CT molecular complexity index is 337. The highest BCUT2D eigenvalue weighted by atomic mass is 16.5. The van der Waals surface area contributed by atoms with E-state index in [0.717, 1.165) is 6.61 Å². The van der Waals surface area contributed by atoms with Crippen molar-refractivity contribution in [2.75, 3.05) is 13.7 Å². The Morgan fingerprint density at radius 3 is 2.27 bits per heavy atom. The molecule has 0 aromatic heterocycles. The van der Waals surface area contributed by atoms with Gasteiger partial charge in [0.15, 0.2) is 0 Å². The van der Waals surface area contributed by atoms with Gasteiger partial charge in [0.1, 0.15) is 0 Å². The molecule has 78 valence electrons. The maximum absolute atomic E-state index is 5.12. The van der Waals surface area contributed by atoms with Crippen LogP contribution in [-0.2, 0) is 4.74 Å². The summed E-state index contributed by atoms with van der Waals surface area (Å²) < 4.78 is 5.12. The Kier molecular flexibility index (Phi) is 3.36. The molecule has 0 radical (unpaired) electrons. The first kappa shape index (κ1) is 10.2. The standard InChI is InChI=1S/C14H16O/c1-15-11-12-7-9-14(10-8-12)13-5-3-2-4-6-13/h2-10,12,14H,11H2,1H3. The van der Waals surface area contributed by atoms with Gasteiger partial charge in [0.2, 0.25) is 0 Å². The molecular weight excluding hydrogens is 184 g/mol. The van der Waals surface area contributed by atoms with Gasteiger partial charge in [-0.25, -0.2) is 0 Å². The van der Waals surface area contributed by atoms with Crippen LogP contribution in [0.25, 0.3) is 0 Å². The summed E-state index contributed by atoms with van der Waals surface area (Å²) in [5.74, 6) is 0.870. The minimum atomic E-state index is 0.430. The molecule has 1 aliphatic carbocycles. The Labute approximate surface area is 91.1 Å². The van der Waals surface area contributed by atoms with Gasteiger partial charge in [-0.15, -0.1) is 0 Å². The lowest BCUT2D eigenvalue weighted by molar-refractivity contribution is 0.183. The second-order valence-corrected chi connectivity index (χ2v) is 3.83. The molecule has 1 aromatic rings. The third-order valence-electron chi connectivity index (χ3n) is 2.67. The Balaban J connectivity index is 2.05. The van der Waals surface area contributed by atoms with Crippen molar-refractivity contribution in [2.24, 2.45) is 5.92 Å². The van der Waals surface area contributed by atoms with Gasteiger partial charge >= 0.3 is 0 Å². The van der Waals surface area contributed by atoms with E-state index in [1.165, 1.54) is 5.56 Å². The number of benzene rings is 1. The third-order valence-corrected chi connectivity index (χ3v) is 2.67. The summed E-state index contributed by atoms with van der Waals surface area (Å²) in [7, 11) is 1.74. The van der Waals surface area contributed by atoms with E-state index in [0.29, 0.717) is 11.8 Å². The highest BCUT2D eigenvalue weighted by Crippen LogP contribution is 2.24. The van der Waals surface area contributed by atoms with Crippen LogP contribution < -0.4 is 0 Å². The molecule has 1 nitrogen and oxygen atoms in total. The van der Waals surface area contributed by atoms with E-state index in [4.69, 9.17) is 4.74 Å². The number of methoxy groups -OCH3 is 1. The Hall–Kier alpha value is -1.34. The van der Waals surface area contributed by atoms with Gasteiger partial charge < -0.3 is 4.74 Å². The molecule has 0 amide bonds. The Morgan fingerprint density at radius 1 is 1.00 bits per heavy atom. The summed E-state index contributed by atoms with van der Waals surface area (Å²) in [5, 5.41) is 0. The van der Waals surface area contributed by atoms with Crippen LogP contribution in [0.3, 0.4) is 0 Å². The van der Waals surface area contributed by atoms with E-state index in [1.807, 2.05) is 6.07 Å². The SMILES string of the molecule is COCC1C=CC(c2ccccc2)C=C1. The molecule has 1 aromatic carbocycles. The van der Waals surface area contributed by atoms with Crippen molar-refractivity contribution in [2.45, 2.75) is 5.92 Å². The highest BCUT2D eigenvalue weighted by Gasteiger charge is 2.10. The lowest BCUT2D eigenvalue weighted by atomic mass is 9.91. The molecule has 2 rings (SSSR count). The summed E-state index contributed by atoms with van der Waals surface area (Å²) in [5.41, 5.74) is 1.35. The molecule has 0 spiro atoms. The smallest absolute Gasteiger partial charge is 0.0559 e. The van der Waals surface area contributed by atoms with E-state index in [9.17, 15) is 0 Å². The van der Waals surface area contributed by atoms with E-state index in [-0.39, 0.29) is 0 Å². The average molecular weight is 200 g/mol.